The van der Waals surface area contributed by atoms with E-state index >= 15 is 0 Å². The molecular weight excluding hydrogens is 437 g/mol. The van der Waals surface area contributed by atoms with Crippen LogP contribution in [0, 0.1) is 5.82 Å². The molecule has 3 aromatic carbocycles. The number of ether oxygens (including phenoxy) is 2. The fourth-order valence-electron chi connectivity index (χ4n) is 4.40. The molecule has 0 spiro atoms. The van der Waals surface area contributed by atoms with Gasteiger partial charge in [-0.2, -0.15) is 0 Å². The van der Waals surface area contributed by atoms with E-state index in [-0.39, 0.29) is 28.9 Å². The van der Waals surface area contributed by atoms with Gasteiger partial charge in [-0.1, -0.05) is 30.3 Å². The van der Waals surface area contributed by atoms with Gasteiger partial charge in [-0.05, 0) is 54.8 Å². The number of rotatable bonds is 5. The third kappa shape index (κ3) is 4.18. The van der Waals surface area contributed by atoms with Crippen LogP contribution < -0.4 is 4.74 Å². The minimum Gasteiger partial charge on any atom is -0.507 e. The van der Waals surface area contributed by atoms with Gasteiger partial charge in [-0.15, -0.1) is 0 Å². The van der Waals surface area contributed by atoms with E-state index in [1.54, 1.807) is 36.4 Å². The van der Waals surface area contributed by atoms with Gasteiger partial charge in [0, 0.05) is 30.1 Å². The van der Waals surface area contributed by atoms with E-state index in [9.17, 15) is 19.4 Å². The number of pyridine rings is 1. The van der Waals surface area contributed by atoms with Crippen LogP contribution in [-0.2, 0) is 4.74 Å². The number of phenolic OH excluding ortho intramolecular Hbond substituents is 1. The molecule has 0 atom stereocenters. The van der Waals surface area contributed by atoms with Crippen molar-refractivity contribution in [2.75, 3.05) is 13.2 Å². The molecule has 0 amide bonds. The molecule has 7 heteroatoms. The number of nitrogens with zero attached hydrogens (tertiary/aromatic N) is 1. The first kappa shape index (κ1) is 21.9. The highest BCUT2D eigenvalue weighted by Crippen LogP contribution is 2.44. The van der Waals surface area contributed by atoms with Gasteiger partial charge in [-0.3, -0.25) is 0 Å². The molecule has 0 aliphatic carbocycles. The Morgan fingerprint density at radius 1 is 1.03 bits per heavy atom. The van der Waals surface area contributed by atoms with Gasteiger partial charge in [0.25, 0.3) is 0 Å². The molecule has 0 saturated carbocycles. The molecular formula is C27H22FNO5. The van der Waals surface area contributed by atoms with E-state index in [0.29, 0.717) is 29.7 Å². The minimum absolute atomic E-state index is 0.0173. The topological polar surface area (TPSA) is 88.9 Å². The predicted octanol–water partition coefficient (Wildman–Crippen LogP) is 6.13. The van der Waals surface area contributed by atoms with Crippen molar-refractivity contribution < 1.29 is 28.9 Å². The molecule has 172 valence electrons. The lowest BCUT2D eigenvalue weighted by molar-refractivity contribution is 0.0696. The number of carboxylic acids is 1. The highest BCUT2D eigenvalue weighted by Gasteiger charge is 2.26. The molecule has 4 aromatic rings. The molecule has 0 bridgehead atoms. The SMILES string of the molecule is O=C(O)c1cccc(Oc2nc(C3CCOCC3)c(-c3ccc(F)cc3)c3cccc(O)c23)c1. The lowest BCUT2D eigenvalue weighted by atomic mass is 9.87. The van der Waals surface area contributed by atoms with E-state index in [0.717, 1.165) is 29.7 Å². The van der Waals surface area contributed by atoms with Gasteiger partial charge < -0.3 is 19.7 Å². The molecule has 2 N–H and O–H groups in total. The lowest BCUT2D eigenvalue weighted by Gasteiger charge is -2.26. The summed E-state index contributed by atoms with van der Waals surface area (Å²) in [5.74, 6) is -0.868. The van der Waals surface area contributed by atoms with Crippen molar-refractivity contribution >= 4 is 16.7 Å². The Kier molecular flexibility index (Phi) is 5.86. The summed E-state index contributed by atoms with van der Waals surface area (Å²) in [5, 5.41) is 21.2. The second kappa shape index (κ2) is 9.11. The molecule has 0 radical (unpaired) electrons. The first-order valence-corrected chi connectivity index (χ1v) is 11.0. The van der Waals surface area contributed by atoms with Gasteiger partial charge in [0.05, 0.1) is 16.6 Å². The van der Waals surface area contributed by atoms with Crippen molar-refractivity contribution in [3.63, 3.8) is 0 Å². The summed E-state index contributed by atoms with van der Waals surface area (Å²) in [6.07, 6.45) is 1.53. The Hall–Kier alpha value is -3.97. The van der Waals surface area contributed by atoms with Gasteiger partial charge in [0.1, 0.15) is 17.3 Å². The van der Waals surface area contributed by atoms with Gasteiger partial charge in [-0.25, -0.2) is 14.2 Å². The van der Waals surface area contributed by atoms with Gasteiger partial charge >= 0.3 is 5.97 Å². The molecule has 6 nitrogen and oxygen atoms in total. The first-order valence-electron chi connectivity index (χ1n) is 11.0. The Labute approximate surface area is 195 Å². The van der Waals surface area contributed by atoms with Crippen LogP contribution in [0.3, 0.4) is 0 Å². The Bertz CT molecular complexity index is 1360. The normalized spacial score (nSPS) is 14.3. The summed E-state index contributed by atoms with van der Waals surface area (Å²) in [6, 6.07) is 17.5. The predicted molar refractivity (Wildman–Crippen MR) is 125 cm³/mol. The zero-order valence-electron chi connectivity index (χ0n) is 18.2. The number of hydrogen-bond acceptors (Lipinski definition) is 5. The summed E-state index contributed by atoms with van der Waals surface area (Å²) < 4.78 is 25.3. The second-order valence-corrected chi connectivity index (χ2v) is 8.21. The maximum atomic E-state index is 13.7. The molecule has 1 saturated heterocycles. The quantitative estimate of drug-likeness (QED) is 0.373. The number of carboxylic acid groups (broad SMARTS) is 1. The average Bonchev–Trinajstić information content (AvgIpc) is 2.85. The van der Waals surface area contributed by atoms with Crippen LogP contribution in [0.1, 0.15) is 34.8 Å². The fraction of sp³-hybridized carbons (Fsp3) is 0.185. The van der Waals surface area contributed by atoms with Crippen LogP contribution >= 0.6 is 0 Å². The highest BCUT2D eigenvalue weighted by atomic mass is 19.1. The number of aromatic hydroxyl groups is 1. The molecule has 5 rings (SSSR count). The molecule has 2 heterocycles. The van der Waals surface area contributed by atoms with Gasteiger partial charge in [0.2, 0.25) is 5.88 Å². The minimum atomic E-state index is -1.07. The zero-order chi connectivity index (χ0) is 23.7. The van der Waals surface area contributed by atoms with E-state index in [1.165, 1.54) is 24.3 Å². The largest absolute Gasteiger partial charge is 0.507 e. The van der Waals surface area contributed by atoms with Crippen molar-refractivity contribution in [3.8, 4) is 28.5 Å². The third-order valence-electron chi connectivity index (χ3n) is 6.04. The Balaban J connectivity index is 1.75. The zero-order valence-corrected chi connectivity index (χ0v) is 18.2. The highest BCUT2D eigenvalue weighted by molar-refractivity contribution is 6.03. The number of halogens is 1. The number of aromatic nitrogens is 1. The van der Waals surface area contributed by atoms with Crippen molar-refractivity contribution in [2.45, 2.75) is 18.8 Å². The monoisotopic (exact) mass is 459 g/mol. The summed E-state index contributed by atoms with van der Waals surface area (Å²) >= 11 is 0. The summed E-state index contributed by atoms with van der Waals surface area (Å²) in [4.78, 5) is 16.3. The molecule has 34 heavy (non-hydrogen) atoms. The molecule has 1 aromatic heterocycles. The van der Waals surface area contributed by atoms with E-state index in [4.69, 9.17) is 14.5 Å². The maximum absolute atomic E-state index is 13.7. The molecule has 1 aliphatic heterocycles. The van der Waals surface area contributed by atoms with Crippen molar-refractivity contribution in [3.05, 3.63) is 83.8 Å². The van der Waals surface area contributed by atoms with Gasteiger partial charge in [0.15, 0.2) is 0 Å². The van der Waals surface area contributed by atoms with Crippen LogP contribution in [0.2, 0.25) is 0 Å². The molecule has 1 fully saturated rings. The smallest absolute Gasteiger partial charge is 0.335 e. The number of benzene rings is 3. The van der Waals surface area contributed by atoms with E-state index < -0.39 is 5.97 Å². The average molecular weight is 459 g/mol. The van der Waals surface area contributed by atoms with Crippen LogP contribution in [-0.4, -0.2) is 34.4 Å². The van der Waals surface area contributed by atoms with Crippen molar-refractivity contribution in [1.29, 1.82) is 0 Å². The Morgan fingerprint density at radius 3 is 2.50 bits per heavy atom. The number of fused-ring (bicyclic) bond motifs is 1. The second-order valence-electron chi connectivity index (χ2n) is 8.21. The number of hydrogen-bond donors (Lipinski definition) is 2. The third-order valence-corrected chi connectivity index (χ3v) is 6.04. The maximum Gasteiger partial charge on any atom is 0.335 e. The van der Waals surface area contributed by atoms with Crippen molar-refractivity contribution in [2.24, 2.45) is 0 Å². The van der Waals surface area contributed by atoms with Crippen LogP contribution in [0.15, 0.2) is 66.7 Å². The molecule has 0 unspecified atom stereocenters. The number of aromatic carboxylic acids is 1. The standard InChI is InChI=1S/C27H22FNO5/c28-19-9-7-16(8-10-19)23-21-5-2-6-22(30)24(21)26(29-25(23)17-11-13-33-14-12-17)34-20-4-1-3-18(15-20)27(31)32/h1-10,15,17,30H,11-14H2,(H,31,32). The number of phenols is 1. The number of carbonyl (C=O) groups is 1. The summed E-state index contributed by atoms with van der Waals surface area (Å²) in [6.45, 7) is 1.20. The molecule has 1 aliphatic rings. The van der Waals surface area contributed by atoms with E-state index in [1.807, 2.05) is 6.07 Å². The summed E-state index contributed by atoms with van der Waals surface area (Å²) in [5.41, 5.74) is 2.45. The lowest BCUT2D eigenvalue weighted by Crippen LogP contribution is -2.16. The van der Waals surface area contributed by atoms with Crippen LogP contribution in [0.4, 0.5) is 4.39 Å². The summed E-state index contributed by atoms with van der Waals surface area (Å²) in [7, 11) is 0. The van der Waals surface area contributed by atoms with Crippen LogP contribution in [0.5, 0.6) is 17.4 Å². The first-order chi connectivity index (χ1) is 16.5. The van der Waals surface area contributed by atoms with Crippen molar-refractivity contribution in [1.82, 2.24) is 4.98 Å². The Morgan fingerprint density at radius 2 is 1.76 bits per heavy atom. The fourth-order valence-corrected chi connectivity index (χ4v) is 4.40. The van der Waals surface area contributed by atoms with Crippen LogP contribution in [0.25, 0.3) is 21.9 Å². The van der Waals surface area contributed by atoms with E-state index in [2.05, 4.69) is 0 Å².